The van der Waals surface area contributed by atoms with E-state index in [4.69, 9.17) is 11.6 Å². The molecule has 122 valence electrons. The Morgan fingerprint density at radius 3 is 2.57 bits per heavy atom. The van der Waals surface area contributed by atoms with E-state index in [1.807, 2.05) is 6.92 Å². The molecule has 23 heavy (non-hydrogen) atoms. The maximum Gasteiger partial charge on any atom is 0.237 e. The molecule has 0 aliphatic carbocycles. The molecule has 0 unspecified atom stereocenters. The van der Waals surface area contributed by atoms with E-state index < -0.39 is 0 Å². The van der Waals surface area contributed by atoms with Crippen LogP contribution in [0.15, 0.2) is 28.6 Å². The monoisotopic (exact) mass is 370 g/mol. The highest BCUT2D eigenvalue weighted by Gasteiger charge is 2.20. The van der Waals surface area contributed by atoms with Gasteiger partial charge in [0.05, 0.1) is 5.25 Å². The van der Waals surface area contributed by atoms with Gasteiger partial charge in [-0.2, -0.15) is 0 Å². The minimum atomic E-state index is -0.302. The number of carbonyl (C=O) groups is 2. The topological polar surface area (TPSA) is 84.0 Å². The van der Waals surface area contributed by atoms with Gasteiger partial charge in [0, 0.05) is 17.6 Å². The molecule has 0 saturated heterocycles. The van der Waals surface area contributed by atoms with Crippen molar-refractivity contribution in [1.82, 2.24) is 10.2 Å². The number of anilines is 2. The summed E-state index contributed by atoms with van der Waals surface area (Å²) in [7, 11) is 0. The standard InChI is InChI=1S/C14H15ClN4O2S2/c1-3-11(12(21)17-10-6-4-9(15)5-7-10)22-14-19-18-13(23-14)16-8(2)20/h4-7,11H,3H2,1-2H3,(H,17,21)(H,16,18,20)/t11-/m0/s1. The number of thioether (sulfide) groups is 1. The van der Waals surface area contributed by atoms with Gasteiger partial charge in [-0.15, -0.1) is 10.2 Å². The Morgan fingerprint density at radius 1 is 1.26 bits per heavy atom. The molecule has 2 amide bonds. The average molecular weight is 371 g/mol. The summed E-state index contributed by atoms with van der Waals surface area (Å²) in [5.41, 5.74) is 0.689. The van der Waals surface area contributed by atoms with Gasteiger partial charge in [-0.1, -0.05) is 41.6 Å². The van der Waals surface area contributed by atoms with E-state index in [-0.39, 0.29) is 17.1 Å². The third-order valence-corrected chi connectivity index (χ3v) is 5.25. The van der Waals surface area contributed by atoms with E-state index in [9.17, 15) is 9.59 Å². The van der Waals surface area contributed by atoms with Crippen molar-refractivity contribution in [3.8, 4) is 0 Å². The van der Waals surface area contributed by atoms with E-state index in [1.165, 1.54) is 30.0 Å². The molecule has 0 saturated carbocycles. The molecule has 0 radical (unpaired) electrons. The summed E-state index contributed by atoms with van der Waals surface area (Å²) in [5.74, 6) is -0.318. The molecule has 2 N–H and O–H groups in total. The van der Waals surface area contributed by atoms with Crippen molar-refractivity contribution in [1.29, 1.82) is 0 Å². The van der Waals surface area contributed by atoms with Crippen LogP contribution in [0.3, 0.4) is 0 Å². The van der Waals surface area contributed by atoms with Crippen LogP contribution < -0.4 is 10.6 Å². The number of nitrogens with zero attached hydrogens (tertiary/aromatic N) is 2. The van der Waals surface area contributed by atoms with Gasteiger partial charge >= 0.3 is 0 Å². The zero-order valence-electron chi connectivity index (χ0n) is 12.5. The molecule has 1 heterocycles. The molecule has 1 aromatic carbocycles. The van der Waals surface area contributed by atoms with Crippen LogP contribution in [0.25, 0.3) is 0 Å². The van der Waals surface area contributed by atoms with Crippen LogP contribution in [-0.2, 0) is 9.59 Å². The Balaban J connectivity index is 1.98. The first-order valence-electron chi connectivity index (χ1n) is 6.82. The summed E-state index contributed by atoms with van der Waals surface area (Å²) in [5, 5.41) is 14.0. The number of halogens is 1. The normalized spacial score (nSPS) is 11.8. The molecule has 1 aromatic heterocycles. The lowest BCUT2D eigenvalue weighted by Gasteiger charge is -2.13. The predicted molar refractivity (Wildman–Crippen MR) is 94.2 cm³/mol. The second kappa shape index (κ2) is 8.28. The maximum absolute atomic E-state index is 12.3. The largest absolute Gasteiger partial charge is 0.325 e. The summed E-state index contributed by atoms with van der Waals surface area (Å²) in [6, 6.07) is 6.93. The Hall–Kier alpha value is -1.64. The lowest BCUT2D eigenvalue weighted by Crippen LogP contribution is -2.24. The van der Waals surface area contributed by atoms with Crippen molar-refractivity contribution in [2.75, 3.05) is 10.6 Å². The smallest absolute Gasteiger partial charge is 0.237 e. The molecule has 0 fully saturated rings. The van der Waals surface area contributed by atoms with E-state index >= 15 is 0 Å². The third kappa shape index (κ3) is 5.49. The second-order valence-corrected chi connectivity index (χ2v) is 7.43. The highest BCUT2D eigenvalue weighted by Crippen LogP contribution is 2.31. The zero-order chi connectivity index (χ0) is 16.8. The summed E-state index contributed by atoms with van der Waals surface area (Å²) in [4.78, 5) is 23.3. The molecule has 0 aliphatic heterocycles. The van der Waals surface area contributed by atoms with Gasteiger partial charge < -0.3 is 10.6 Å². The summed E-state index contributed by atoms with van der Waals surface area (Å²) >= 11 is 8.39. The molecular formula is C14H15ClN4O2S2. The van der Waals surface area contributed by atoms with Gasteiger partial charge in [0.1, 0.15) is 0 Å². The minimum Gasteiger partial charge on any atom is -0.325 e. The van der Waals surface area contributed by atoms with Crippen molar-refractivity contribution in [3.63, 3.8) is 0 Å². The number of amides is 2. The first-order valence-corrected chi connectivity index (χ1v) is 8.89. The van der Waals surface area contributed by atoms with Gasteiger partial charge in [0.25, 0.3) is 0 Å². The van der Waals surface area contributed by atoms with Gasteiger partial charge in [-0.25, -0.2) is 0 Å². The molecule has 6 nitrogen and oxygen atoms in total. The van der Waals surface area contributed by atoms with Crippen LogP contribution in [0.5, 0.6) is 0 Å². The SMILES string of the molecule is CC[C@H](Sc1nnc(NC(C)=O)s1)C(=O)Nc1ccc(Cl)cc1. The first kappa shape index (κ1) is 17.7. The molecular weight excluding hydrogens is 356 g/mol. The summed E-state index contributed by atoms with van der Waals surface area (Å²) < 4.78 is 0.631. The van der Waals surface area contributed by atoms with Crippen LogP contribution in [-0.4, -0.2) is 27.3 Å². The molecule has 2 aromatic rings. The highest BCUT2D eigenvalue weighted by molar-refractivity contribution is 8.02. The number of benzene rings is 1. The number of carbonyl (C=O) groups excluding carboxylic acids is 2. The highest BCUT2D eigenvalue weighted by atomic mass is 35.5. The van der Waals surface area contributed by atoms with Gasteiger partial charge in [-0.3, -0.25) is 9.59 Å². The number of aromatic nitrogens is 2. The number of hydrogen-bond donors (Lipinski definition) is 2. The van der Waals surface area contributed by atoms with Crippen LogP contribution >= 0.6 is 34.7 Å². The Labute approximate surface area is 147 Å². The van der Waals surface area contributed by atoms with Crippen molar-refractivity contribution in [2.24, 2.45) is 0 Å². The van der Waals surface area contributed by atoms with Gasteiger partial charge in [-0.05, 0) is 30.7 Å². The van der Waals surface area contributed by atoms with Crippen LogP contribution in [0, 0.1) is 0 Å². The lowest BCUT2D eigenvalue weighted by atomic mass is 10.3. The third-order valence-electron chi connectivity index (χ3n) is 2.71. The molecule has 0 spiro atoms. The summed E-state index contributed by atoms with van der Waals surface area (Å²) in [6.07, 6.45) is 0.638. The van der Waals surface area contributed by atoms with Gasteiger partial charge in [0.15, 0.2) is 4.34 Å². The zero-order valence-corrected chi connectivity index (χ0v) is 14.9. The van der Waals surface area contributed by atoms with E-state index in [0.717, 1.165) is 0 Å². The van der Waals surface area contributed by atoms with Crippen molar-refractivity contribution in [2.45, 2.75) is 29.9 Å². The fourth-order valence-electron chi connectivity index (χ4n) is 1.66. The van der Waals surface area contributed by atoms with Crippen LogP contribution in [0.2, 0.25) is 5.02 Å². The second-order valence-electron chi connectivity index (χ2n) is 4.57. The van der Waals surface area contributed by atoms with Crippen LogP contribution in [0.4, 0.5) is 10.8 Å². The average Bonchev–Trinajstić information content (AvgIpc) is 2.93. The number of hydrogen-bond acceptors (Lipinski definition) is 6. The Kier molecular flexibility index (Phi) is 6.37. The van der Waals surface area contributed by atoms with E-state index in [2.05, 4.69) is 20.8 Å². The van der Waals surface area contributed by atoms with E-state index in [0.29, 0.717) is 26.6 Å². The van der Waals surface area contributed by atoms with Crippen molar-refractivity contribution in [3.05, 3.63) is 29.3 Å². The Bertz CT molecular complexity index is 690. The quantitative estimate of drug-likeness (QED) is 0.598. The minimum absolute atomic E-state index is 0.115. The first-order chi connectivity index (χ1) is 11.0. The molecule has 0 aliphatic rings. The predicted octanol–water partition coefficient (Wildman–Crippen LogP) is 3.66. The maximum atomic E-state index is 12.3. The molecule has 9 heteroatoms. The molecule has 1 atom stereocenters. The molecule has 2 rings (SSSR count). The Morgan fingerprint density at radius 2 is 1.96 bits per heavy atom. The van der Waals surface area contributed by atoms with Crippen molar-refractivity contribution >= 4 is 57.3 Å². The number of nitrogens with one attached hydrogen (secondary N) is 2. The fraction of sp³-hybridized carbons (Fsp3) is 0.286. The summed E-state index contributed by atoms with van der Waals surface area (Å²) in [6.45, 7) is 3.33. The fourth-order valence-corrected chi connectivity index (χ4v) is 3.75. The van der Waals surface area contributed by atoms with Crippen LogP contribution in [0.1, 0.15) is 20.3 Å². The van der Waals surface area contributed by atoms with E-state index in [1.54, 1.807) is 24.3 Å². The van der Waals surface area contributed by atoms with Crippen molar-refractivity contribution < 1.29 is 9.59 Å². The lowest BCUT2D eigenvalue weighted by molar-refractivity contribution is -0.116. The molecule has 0 bridgehead atoms. The number of rotatable bonds is 6. The van der Waals surface area contributed by atoms with Gasteiger partial charge in [0.2, 0.25) is 16.9 Å².